The Labute approximate surface area is 131 Å². The number of hydrogen-bond donors (Lipinski definition) is 2. The van der Waals surface area contributed by atoms with E-state index in [2.05, 4.69) is 34.5 Å². The number of piperidine rings is 1. The van der Waals surface area contributed by atoms with Crippen molar-refractivity contribution in [2.75, 3.05) is 24.5 Å². The molecule has 2 fully saturated rings. The van der Waals surface area contributed by atoms with E-state index < -0.39 is 0 Å². The summed E-state index contributed by atoms with van der Waals surface area (Å²) in [6.45, 7) is 2.41. The lowest BCUT2D eigenvalue weighted by Gasteiger charge is -2.35. The molecule has 5 nitrogen and oxygen atoms in total. The van der Waals surface area contributed by atoms with Crippen LogP contribution >= 0.6 is 0 Å². The first-order valence-electron chi connectivity index (χ1n) is 8.22. The Balaban J connectivity index is 1.53. The van der Waals surface area contributed by atoms with Gasteiger partial charge in [0.2, 0.25) is 5.91 Å². The second-order valence-electron chi connectivity index (χ2n) is 6.19. The number of ether oxygens (including phenoxy) is 1. The fraction of sp³-hybridized carbons (Fsp3) is 0.588. The van der Waals surface area contributed by atoms with E-state index in [-0.39, 0.29) is 24.2 Å². The van der Waals surface area contributed by atoms with Gasteiger partial charge >= 0.3 is 0 Å². The van der Waals surface area contributed by atoms with Crippen molar-refractivity contribution in [2.45, 2.75) is 43.9 Å². The lowest BCUT2D eigenvalue weighted by molar-refractivity contribution is -0.132. The predicted molar refractivity (Wildman–Crippen MR) is 86.8 cm³/mol. The minimum absolute atomic E-state index is 0.0239. The number of carbonyl (C=O) groups excluding carboxylic acids is 1. The number of nitrogens with zero attached hydrogens (tertiary/aromatic N) is 1. The van der Waals surface area contributed by atoms with Crippen molar-refractivity contribution in [3.8, 4) is 0 Å². The van der Waals surface area contributed by atoms with Crippen LogP contribution < -0.4 is 16.0 Å². The summed E-state index contributed by atoms with van der Waals surface area (Å²) in [5, 5.41) is 3.16. The number of benzene rings is 1. The monoisotopic (exact) mass is 303 g/mol. The van der Waals surface area contributed by atoms with Crippen LogP contribution in [-0.2, 0) is 9.53 Å². The molecular weight excluding hydrogens is 278 g/mol. The molecule has 2 heterocycles. The van der Waals surface area contributed by atoms with Gasteiger partial charge in [0.25, 0.3) is 0 Å². The van der Waals surface area contributed by atoms with Crippen molar-refractivity contribution in [3.63, 3.8) is 0 Å². The third-order valence-electron chi connectivity index (χ3n) is 4.55. The van der Waals surface area contributed by atoms with Crippen LogP contribution in [0.25, 0.3) is 0 Å². The molecule has 0 radical (unpaired) electrons. The predicted octanol–water partition coefficient (Wildman–Crippen LogP) is 1.28. The summed E-state index contributed by atoms with van der Waals surface area (Å²) in [7, 11) is 0. The quantitative estimate of drug-likeness (QED) is 0.879. The Kier molecular flexibility index (Phi) is 4.95. The summed E-state index contributed by atoms with van der Waals surface area (Å²) in [5.74, 6) is 0.0239. The molecule has 120 valence electrons. The zero-order chi connectivity index (χ0) is 15.4. The number of nitrogens with one attached hydrogen (secondary N) is 1. The molecule has 2 aliphatic rings. The summed E-state index contributed by atoms with van der Waals surface area (Å²) in [6.07, 6.45) is 3.51. The molecule has 1 unspecified atom stereocenters. The van der Waals surface area contributed by atoms with Gasteiger partial charge in [0.05, 0.1) is 6.10 Å². The average Bonchev–Trinajstić information content (AvgIpc) is 3.05. The molecule has 1 aromatic rings. The van der Waals surface area contributed by atoms with Crippen LogP contribution in [0.4, 0.5) is 5.69 Å². The number of hydrogen-bond acceptors (Lipinski definition) is 4. The van der Waals surface area contributed by atoms with E-state index in [1.165, 1.54) is 5.69 Å². The Hall–Kier alpha value is -1.59. The van der Waals surface area contributed by atoms with E-state index in [0.717, 1.165) is 38.8 Å². The topological polar surface area (TPSA) is 67.6 Å². The molecule has 0 aromatic heterocycles. The van der Waals surface area contributed by atoms with Gasteiger partial charge < -0.3 is 20.7 Å². The number of anilines is 1. The van der Waals surface area contributed by atoms with Crippen LogP contribution in [0.3, 0.4) is 0 Å². The molecule has 22 heavy (non-hydrogen) atoms. The number of amides is 1. The van der Waals surface area contributed by atoms with Gasteiger partial charge in [0, 0.05) is 31.4 Å². The van der Waals surface area contributed by atoms with E-state index >= 15 is 0 Å². The largest absolute Gasteiger partial charge is 0.369 e. The van der Waals surface area contributed by atoms with Crippen LogP contribution in [0.15, 0.2) is 30.3 Å². The zero-order valence-electron chi connectivity index (χ0n) is 12.9. The fourth-order valence-corrected chi connectivity index (χ4v) is 3.33. The molecule has 2 saturated heterocycles. The second-order valence-corrected chi connectivity index (χ2v) is 6.19. The lowest BCUT2D eigenvalue weighted by atomic mass is 10.0. The van der Waals surface area contributed by atoms with Crippen molar-refractivity contribution >= 4 is 11.6 Å². The van der Waals surface area contributed by atoms with Gasteiger partial charge in [-0.05, 0) is 37.8 Å². The van der Waals surface area contributed by atoms with Gasteiger partial charge in [0.15, 0.2) is 0 Å². The molecular formula is C17H25N3O2. The van der Waals surface area contributed by atoms with Crippen LogP contribution in [0.1, 0.15) is 25.7 Å². The minimum Gasteiger partial charge on any atom is -0.369 e. The van der Waals surface area contributed by atoms with E-state index in [9.17, 15) is 4.79 Å². The van der Waals surface area contributed by atoms with Crippen molar-refractivity contribution in [1.82, 2.24) is 5.32 Å². The van der Waals surface area contributed by atoms with Crippen molar-refractivity contribution in [1.29, 1.82) is 0 Å². The molecule has 5 heteroatoms. The van der Waals surface area contributed by atoms with Gasteiger partial charge in [-0.1, -0.05) is 18.2 Å². The fourth-order valence-electron chi connectivity index (χ4n) is 3.33. The molecule has 3 N–H and O–H groups in total. The smallest absolute Gasteiger partial charge is 0.249 e. The van der Waals surface area contributed by atoms with Crippen LogP contribution in [0.5, 0.6) is 0 Å². The first-order chi connectivity index (χ1) is 10.8. The highest BCUT2D eigenvalue weighted by molar-refractivity contribution is 5.81. The number of nitrogens with two attached hydrogens (primary N) is 1. The van der Waals surface area contributed by atoms with Crippen molar-refractivity contribution in [3.05, 3.63) is 30.3 Å². The molecule has 0 bridgehead atoms. The first-order valence-corrected chi connectivity index (χ1v) is 8.22. The minimum atomic E-state index is -0.319. The normalized spacial score (nSPS) is 28.6. The zero-order valence-corrected chi connectivity index (χ0v) is 12.9. The summed E-state index contributed by atoms with van der Waals surface area (Å²) >= 11 is 0. The first kappa shape index (κ1) is 15.3. The van der Waals surface area contributed by atoms with E-state index in [1.807, 2.05) is 6.07 Å². The third kappa shape index (κ3) is 3.59. The van der Waals surface area contributed by atoms with Crippen molar-refractivity contribution in [2.24, 2.45) is 5.73 Å². The van der Waals surface area contributed by atoms with Gasteiger partial charge in [-0.2, -0.15) is 0 Å². The van der Waals surface area contributed by atoms with Gasteiger partial charge in [-0.3, -0.25) is 4.79 Å². The Bertz CT molecular complexity index is 494. The van der Waals surface area contributed by atoms with Gasteiger partial charge in [0.1, 0.15) is 6.10 Å². The Morgan fingerprint density at radius 3 is 2.82 bits per heavy atom. The summed E-state index contributed by atoms with van der Waals surface area (Å²) in [5.41, 5.74) is 6.82. The number of para-hydroxylation sites is 1. The van der Waals surface area contributed by atoms with Gasteiger partial charge in [-0.25, -0.2) is 0 Å². The third-order valence-corrected chi connectivity index (χ3v) is 4.55. The van der Waals surface area contributed by atoms with Crippen LogP contribution in [0, 0.1) is 0 Å². The number of rotatable bonds is 4. The molecule has 3 rings (SSSR count). The van der Waals surface area contributed by atoms with Crippen LogP contribution in [-0.4, -0.2) is 43.8 Å². The molecule has 3 atom stereocenters. The maximum atomic E-state index is 12.3. The van der Waals surface area contributed by atoms with Gasteiger partial charge in [-0.15, -0.1) is 0 Å². The summed E-state index contributed by atoms with van der Waals surface area (Å²) in [6, 6.07) is 10.6. The lowest BCUT2D eigenvalue weighted by Crippen LogP contribution is -2.50. The highest BCUT2D eigenvalue weighted by Crippen LogP contribution is 2.21. The maximum Gasteiger partial charge on any atom is 0.249 e. The highest BCUT2D eigenvalue weighted by atomic mass is 16.5. The van der Waals surface area contributed by atoms with Crippen molar-refractivity contribution < 1.29 is 9.53 Å². The number of carbonyl (C=O) groups is 1. The molecule has 0 saturated carbocycles. The maximum absolute atomic E-state index is 12.3. The Morgan fingerprint density at radius 1 is 1.27 bits per heavy atom. The van der Waals surface area contributed by atoms with Crippen LogP contribution in [0.2, 0.25) is 0 Å². The molecule has 0 aliphatic carbocycles. The molecule has 2 aliphatic heterocycles. The molecule has 1 amide bonds. The standard InChI is InChI=1S/C17H25N3O2/c18-11-15-8-9-16(22-15)17(21)19-13-5-4-10-20(12-13)14-6-2-1-3-7-14/h1-3,6-7,13,15-16H,4-5,8-12,18H2,(H,19,21)/t13?,15-,16+/m1/s1. The second kappa shape index (κ2) is 7.11. The molecule has 0 spiro atoms. The average molecular weight is 303 g/mol. The SMILES string of the molecule is NC[C@H]1CC[C@@H](C(=O)NC2CCCN(c3ccccc3)C2)O1. The van der Waals surface area contributed by atoms with E-state index in [1.54, 1.807) is 0 Å². The highest BCUT2D eigenvalue weighted by Gasteiger charge is 2.31. The van der Waals surface area contributed by atoms with E-state index in [4.69, 9.17) is 10.5 Å². The summed E-state index contributed by atoms with van der Waals surface area (Å²) in [4.78, 5) is 14.7. The molecule has 1 aromatic carbocycles. The Morgan fingerprint density at radius 2 is 2.09 bits per heavy atom. The summed E-state index contributed by atoms with van der Waals surface area (Å²) < 4.78 is 5.67. The van der Waals surface area contributed by atoms with E-state index in [0.29, 0.717) is 6.54 Å².